The Bertz CT molecular complexity index is 780. The molecular formula is C13H8Cl3N3. The predicted octanol–water partition coefficient (Wildman–Crippen LogP) is 4.57. The molecule has 2 aromatic carbocycles. The number of nitrogens with zero attached hydrogens (tertiary/aromatic N) is 2. The summed E-state index contributed by atoms with van der Waals surface area (Å²) >= 11 is 18.2. The summed E-state index contributed by atoms with van der Waals surface area (Å²) in [5.41, 5.74) is 8.27. The highest BCUT2D eigenvalue weighted by molar-refractivity contribution is 6.43. The summed E-state index contributed by atoms with van der Waals surface area (Å²) in [6.07, 6.45) is 0. The summed E-state index contributed by atoms with van der Waals surface area (Å²) in [6, 6.07) is 10.9. The first kappa shape index (κ1) is 12.6. The molecule has 0 atom stereocenters. The Kier molecular flexibility index (Phi) is 3.05. The monoisotopic (exact) mass is 311 g/mol. The molecule has 0 amide bonds. The quantitative estimate of drug-likeness (QED) is 0.669. The van der Waals surface area contributed by atoms with E-state index < -0.39 is 0 Å². The molecule has 3 nitrogen and oxygen atoms in total. The van der Waals surface area contributed by atoms with Crippen molar-refractivity contribution in [2.75, 3.05) is 5.73 Å². The maximum Gasteiger partial charge on any atom is 0.205 e. The van der Waals surface area contributed by atoms with E-state index in [9.17, 15) is 0 Å². The van der Waals surface area contributed by atoms with Gasteiger partial charge in [-0.2, -0.15) is 0 Å². The lowest BCUT2D eigenvalue weighted by Gasteiger charge is -2.10. The first-order valence-corrected chi connectivity index (χ1v) is 6.59. The number of benzene rings is 2. The summed E-state index contributed by atoms with van der Waals surface area (Å²) in [7, 11) is 0. The van der Waals surface area contributed by atoms with Crippen molar-refractivity contribution in [3.63, 3.8) is 0 Å². The van der Waals surface area contributed by atoms with Crippen LogP contribution in [-0.4, -0.2) is 9.55 Å². The molecule has 0 spiro atoms. The average molecular weight is 313 g/mol. The number of imidazole rings is 1. The molecule has 0 saturated heterocycles. The number of anilines is 1. The molecule has 0 fully saturated rings. The van der Waals surface area contributed by atoms with Crippen LogP contribution >= 0.6 is 34.8 Å². The van der Waals surface area contributed by atoms with Crippen molar-refractivity contribution < 1.29 is 0 Å². The summed E-state index contributed by atoms with van der Waals surface area (Å²) < 4.78 is 1.75. The highest BCUT2D eigenvalue weighted by Gasteiger charge is 2.14. The van der Waals surface area contributed by atoms with Crippen LogP contribution in [0, 0.1) is 0 Å². The van der Waals surface area contributed by atoms with Crippen LogP contribution in [0.3, 0.4) is 0 Å². The van der Waals surface area contributed by atoms with Crippen molar-refractivity contribution >= 4 is 51.8 Å². The van der Waals surface area contributed by atoms with Gasteiger partial charge in [0.2, 0.25) is 5.95 Å². The van der Waals surface area contributed by atoms with Gasteiger partial charge in [-0.25, -0.2) is 4.98 Å². The Labute approximate surface area is 124 Å². The van der Waals surface area contributed by atoms with Gasteiger partial charge in [-0.3, -0.25) is 4.57 Å². The second kappa shape index (κ2) is 4.60. The van der Waals surface area contributed by atoms with Crippen molar-refractivity contribution in [2.24, 2.45) is 0 Å². The smallest absolute Gasteiger partial charge is 0.205 e. The molecule has 0 aliphatic carbocycles. The van der Waals surface area contributed by atoms with Crippen molar-refractivity contribution in [3.05, 3.63) is 51.5 Å². The normalized spacial score (nSPS) is 11.1. The second-order valence-corrected chi connectivity index (χ2v) is 5.23. The third-order valence-electron chi connectivity index (χ3n) is 2.82. The van der Waals surface area contributed by atoms with Gasteiger partial charge in [-0.1, -0.05) is 46.9 Å². The van der Waals surface area contributed by atoms with Gasteiger partial charge >= 0.3 is 0 Å². The van der Waals surface area contributed by atoms with E-state index >= 15 is 0 Å². The van der Waals surface area contributed by atoms with Gasteiger partial charge < -0.3 is 5.73 Å². The molecule has 6 heteroatoms. The van der Waals surface area contributed by atoms with Crippen molar-refractivity contribution in [1.82, 2.24) is 9.55 Å². The fourth-order valence-corrected chi connectivity index (χ4v) is 2.61. The van der Waals surface area contributed by atoms with Gasteiger partial charge in [0, 0.05) is 0 Å². The van der Waals surface area contributed by atoms with Crippen LogP contribution in [0.25, 0.3) is 16.7 Å². The summed E-state index contributed by atoms with van der Waals surface area (Å²) in [4.78, 5) is 4.29. The van der Waals surface area contributed by atoms with Crippen LogP contribution < -0.4 is 5.73 Å². The van der Waals surface area contributed by atoms with Crippen molar-refractivity contribution in [2.45, 2.75) is 0 Å². The molecule has 0 aliphatic heterocycles. The summed E-state index contributed by atoms with van der Waals surface area (Å²) in [5, 5.41) is 1.28. The number of hydrogen-bond donors (Lipinski definition) is 1. The number of nitrogen functional groups attached to an aromatic ring is 1. The van der Waals surface area contributed by atoms with Gasteiger partial charge in [-0.05, 0) is 24.3 Å². The molecule has 19 heavy (non-hydrogen) atoms. The number of para-hydroxylation sites is 2. The zero-order valence-corrected chi connectivity index (χ0v) is 11.8. The molecule has 1 heterocycles. The zero-order valence-electron chi connectivity index (χ0n) is 9.57. The lowest BCUT2D eigenvalue weighted by Crippen LogP contribution is -2.01. The molecule has 3 rings (SSSR count). The maximum absolute atomic E-state index is 6.22. The van der Waals surface area contributed by atoms with E-state index in [0.29, 0.717) is 26.7 Å². The number of halogens is 3. The minimum atomic E-state index is 0.349. The number of fused-ring (bicyclic) bond motifs is 1. The fraction of sp³-hybridized carbons (Fsp3) is 0. The van der Waals surface area contributed by atoms with Crippen LogP contribution in [-0.2, 0) is 0 Å². The molecule has 0 aliphatic rings. The first-order valence-electron chi connectivity index (χ1n) is 5.46. The number of aromatic nitrogens is 2. The van der Waals surface area contributed by atoms with Gasteiger partial charge in [0.25, 0.3) is 0 Å². The standard InChI is InChI=1S/C13H8Cl3N3/c14-7-5-9(16)12(6-8(7)15)19-11-4-2-1-3-10(11)18-13(19)17/h1-6H,(H2,17,18). The van der Waals surface area contributed by atoms with E-state index in [4.69, 9.17) is 40.5 Å². The lowest BCUT2D eigenvalue weighted by molar-refractivity contribution is 1.11. The Balaban J connectivity index is 2.36. The minimum Gasteiger partial charge on any atom is -0.369 e. The first-order chi connectivity index (χ1) is 9.08. The molecule has 0 saturated carbocycles. The number of rotatable bonds is 1. The van der Waals surface area contributed by atoms with E-state index in [2.05, 4.69) is 4.98 Å². The van der Waals surface area contributed by atoms with E-state index in [0.717, 1.165) is 11.0 Å². The van der Waals surface area contributed by atoms with Crippen LogP contribution in [0.1, 0.15) is 0 Å². The second-order valence-electron chi connectivity index (χ2n) is 4.01. The summed E-state index contributed by atoms with van der Waals surface area (Å²) in [6.45, 7) is 0. The van der Waals surface area contributed by atoms with Crippen molar-refractivity contribution in [3.8, 4) is 5.69 Å². The Hall–Kier alpha value is -1.42. The van der Waals surface area contributed by atoms with Gasteiger partial charge in [0.1, 0.15) is 0 Å². The van der Waals surface area contributed by atoms with Crippen LogP contribution in [0.5, 0.6) is 0 Å². The molecule has 2 N–H and O–H groups in total. The van der Waals surface area contributed by atoms with Crippen molar-refractivity contribution in [1.29, 1.82) is 0 Å². The molecule has 0 bridgehead atoms. The van der Waals surface area contributed by atoms with Gasteiger partial charge in [0.15, 0.2) is 0 Å². The van der Waals surface area contributed by atoms with Gasteiger partial charge in [-0.15, -0.1) is 0 Å². The predicted molar refractivity (Wildman–Crippen MR) is 80.5 cm³/mol. The van der Waals surface area contributed by atoms with E-state index in [-0.39, 0.29) is 0 Å². The maximum atomic E-state index is 6.22. The highest BCUT2D eigenvalue weighted by atomic mass is 35.5. The van der Waals surface area contributed by atoms with Gasteiger partial charge in [0.05, 0.1) is 31.8 Å². The topological polar surface area (TPSA) is 43.8 Å². The molecular weight excluding hydrogens is 305 g/mol. The third kappa shape index (κ3) is 2.04. The number of hydrogen-bond acceptors (Lipinski definition) is 2. The average Bonchev–Trinajstić information content (AvgIpc) is 2.70. The fourth-order valence-electron chi connectivity index (χ4n) is 1.98. The lowest BCUT2D eigenvalue weighted by atomic mass is 10.2. The summed E-state index contributed by atoms with van der Waals surface area (Å²) in [5.74, 6) is 0.349. The minimum absolute atomic E-state index is 0.349. The Morgan fingerprint density at radius 3 is 2.42 bits per heavy atom. The zero-order chi connectivity index (χ0) is 13.6. The molecule has 3 aromatic rings. The third-order valence-corrected chi connectivity index (χ3v) is 3.84. The van der Waals surface area contributed by atoms with Crippen LogP contribution in [0.2, 0.25) is 15.1 Å². The van der Waals surface area contributed by atoms with E-state index in [1.165, 1.54) is 0 Å². The highest BCUT2D eigenvalue weighted by Crippen LogP contribution is 2.34. The van der Waals surface area contributed by atoms with Crippen LogP contribution in [0.15, 0.2) is 36.4 Å². The molecule has 1 aromatic heterocycles. The SMILES string of the molecule is Nc1nc2ccccc2n1-c1cc(Cl)c(Cl)cc1Cl. The van der Waals surface area contributed by atoms with Crippen LogP contribution in [0.4, 0.5) is 5.95 Å². The van der Waals surface area contributed by atoms with E-state index in [1.807, 2.05) is 24.3 Å². The van der Waals surface area contributed by atoms with E-state index in [1.54, 1.807) is 16.7 Å². The Morgan fingerprint density at radius 2 is 1.63 bits per heavy atom. The molecule has 0 unspecified atom stereocenters. The Morgan fingerprint density at radius 1 is 0.947 bits per heavy atom. The molecule has 96 valence electrons. The molecule has 0 radical (unpaired) electrons. The number of nitrogens with two attached hydrogens (primary N) is 1. The largest absolute Gasteiger partial charge is 0.369 e.